The molecule has 3 aromatic rings. The van der Waals surface area contributed by atoms with Gasteiger partial charge >= 0.3 is 0 Å². The molecule has 2 nitrogen and oxygen atoms in total. The lowest BCUT2D eigenvalue weighted by Crippen LogP contribution is -2.19. The van der Waals surface area contributed by atoms with Crippen LogP contribution >= 0.6 is 11.6 Å². The van der Waals surface area contributed by atoms with Crippen LogP contribution in [0.3, 0.4) is 0 Å². The molecule has 3 rings (SSSR count). The van der Waals surface area contributed by atoms with Crippen molar-refractivity contribution in [1.29, 1.82) is 0 Å². The first-order chi connectivity index (χ1) is 10.2. The first-order valence-electron chi connectivity index (χ1n) is 6.89. The van der Waals surface area contributed by atoms with E-state index in [2.05, 4.69) is 10.3 Å². The number of rotatable bonds is 4. The number of fused-ring (bicyclic) bond motifs is 1. The Morgan fingerprint density at radius 2 is 1.86 bits per heavy atom. The molecule has 0 bridgehead atoms. The Morgan fingerprint density at radius 3 is 2.62 bits per heavy atom. The molecule has 0 saturated heterocycles. The number of aromatic nitrogens is 1. The fourth-order valence-electron chi connectivity index (χ4n) is 2.48. The van der Waals surface area contributed by atoms with Crippen molar-refractivity contribution in [3.05, 3.63) is 70.6 Å². The SMILES string of the molecule is C[C@@H](NCc1[nH]c2ccccc2c1Cl)c1ccccc1F. The zero-order valence-electron chi connectivity index (χ0n) is 11.7. The summed E-state index contributed by atoms with van der Waals surface area (Å²) in [5, 5.41) is 5.03. The molecule has 2 N–H and O–H groups in total. The molecule has 4 heteroatoms. The van der Waals surface area contributed by atoms with E-state index in [0.717, 1.165) is 21.6 Å². The zero-order valence-corrected chi connectivity index (χ0v) is 12.4. The average molecular weight is 303 g/mol. The van der Waals surface area contributed by atoms with Crippen molar-refractivity contribution >= 4 is 22.5 Å². The molecule has 0 aliphatic carbocycles. The van der Waals surface area contributed by atoms with E-state index in [1.807, 2.05) is 37.3 Å². The van der Waals surface area contributed by atoms with Crippen LogP contribution in [0.2, 0.25) is 5.02 Å². The van der Waals surface area contributed by atoms with E-state index >= 15 is 0 Å². The van der Waals surface area contributed by atoms with Gasteiger partial charge < -0.3 is 10.3 Å². The summed E-state index contributed by atoms with van der Waals surface area (Å²) in [6.45, 7) is 2.50. The van der Waals surface area contributed by atoms with Gasteiger partial charge in [-0.05, 0) is 19.1 Å². The van der Waals surface area contributed by atoms with Gasteiger partial charge in [0.15, 0.2) is 0 Å². The molecule has 1 atom stereocenters. The minimum Gasteiger partial charge on any atom is -0.356 e. The van der Waals surface area contributed by atoms with Crippen LogP contribution in [-0.2, 0) is 6.54 Å². The monoisotopic (exact) mass is 302 g/mol. The fraction of sp³-hybridized carbons (Fsp3) is 0.176. The lowest BCUT2D eigenvalue weighted by Gasteiger charge is -2.14. The molecule has 21 heavy (non-hydrogen) atoms. The first kappa shape index (κ1) is 14.1. The third-order valence-electron chi connectivity index (χ3n) is 3.67. The minimum absolute atomic E-state index is 0.0892. The van der Waals surface area contributed by atoms with Gasteiger partial charge in [-0.1, -0.05) is 48.0 Å². The Hall–Kier alpha value is -1.84. The number of H-pyrrole nitrogens is 1. The molecule has 0 saturated carbocycles. The normalized spacial score (nSPS) is 12.7. The largest absolute Gasteiger partial charge is 0.356 e. The van der Waals surface area contributed by atoms with Gasteiger partial charge in [-0.25, -0.2) is 4.39 Å². The zero-order chi connectivity index (χ0) is 14.8. The van der Waals surface area contributed by atoms with E-state index in [1.165, 1.54) is 6.07 Å². The lowest BCUT2D eigenvalue weighted by molar-refractivity contribution is 0.525. The second-order valence-electron chi connectivity index (χ2n) is 5.09. The second-order valence-corrected chi connectivity index (χ2v) is 5.47. The van der Waals surface area contributed by atoms with E-state index in [0.29, 0.717) is 12.1 Å². The molecule has 0 radical (unpaired) electrons. The van der Waals surface area contributed by atoms with E-state index in [4.69, 9.17) is 11.6 Å². The Balaban J connectivity index is 1.77. The van der Waals surface area contributed by atoms with Crippen LogP contribution in [0.25, 0.3) is 10.9 Å². The predicted octanol–water partition coefficient (Wildman–Crippen LogP) is 4.81. The highest BCUT2D eigenvalue weighted by molar-refractivity contribution is 6.36. The number of benzene rings is 2. The summed E-state index contributed by atoms with van der Waals surface area (Å²) in [6, 6.07) is 14.6. The van der Waals surface area contributed by atoms with E-state index in [1.54, 1.807) is 12.1 Å². The summed E-state index contributed by atoms with van der Waals surface area (Å²) >= 11 is 6.37. The van der Waals surface area contributed by atoms with E-state index in [9.17, 15) is 4.39 Å². The molecule has 0 fully saturated rings. The number of nitrogens with one attached hydrogen (secondary N) is 2. The number of hydrogen-bond acceptors (Lipinski definition) is 1. The van der Waals surface area contributed by atoms with Gasteiger partial charge in [-0.2, -0.15) is 0 Å². The third-order valence-corrected chi connectivity index (χ3v) is 4.10. The van der Waals surface area contributed by atoms with Crippen molar-refractivity contribution in [3.8, 4) is 0 Å². The third kappa shape index (κ3) is 2.80. The molecule has 0 spiro atoms. The maximum absolute atomic E-state index is 13.7. The van der Waals surface area contributed by atoms with Crippen LogP contribution < -0.4 is 5.32 Å². The summed E-state index contributed by atoms with van der Waals surface area (Å²) in [5.41, 5.74) is 2.59. The van der Waals surface area contributed by atoms with Gasteiger partial charge in [0.1, 0.15) is 5.82 Å². The van der Waals surface area contributed by atoms with Gasteiger partial charge in [-0.15, -0.1) is 0 Å². The van der Waals surface area contributed by atoms with Crippen LogP contribution in [0, 0.1) is 5.82 Å². The summed E-state index contributed by atoms with van der Waals surface area (Å²) < 4.78 is 13.7. The summed E-state index contributed by atoms with van der Waals surface area (Å²) in [4.78, 5) is 3.30. The van der Waals surface area contributed by atoms with E-state index < -0.39 is 0 Å². The fourth-order valence-corrected chi connectivity index (χ4v) is 2.76. The van der Waals surface area contributed by atoms with Gasteiger partial charge in [0.05, 0.1) is 5.02 Å². The van der Waals surface area contributed by atoms with Gasteiger partial charge in [0.25, 0.3) is 0 Å². The van der Waals surface area contributed by atoms with Crippen LogP contribution in [0.1, 0.15) is 24.2 Å². The Labute approximate surface area is 127 Å². The van der Waals surface area contributed by atoms with E-state index in [-0.39, 0.29) is 11.9 Å². The Kier molecular flexibility index (Phi) is 3.95. The number of para-hydroxylation sites is 1. The molecule has 0 aliphatic heterocycles. The predicted molar refractivity (Wildman–Crippen MR) is 85.0 cm³/mol. The lowest BCUT2D eigenvalue weighted by atomic mass is 10.1. The quantitative estimate of drug-likeness (QED) is 0.711. The molecule has 0 amide bonds. The molecule has 0 aliphatic rings. The highest BCUT2D eigenvalue weighted by atomic mass is 35.5. The molecule has 108 valence electrons. The van der Waals surface area contributed by atoms with Crippen LogP contribution in [0.4, 0.5) is 4.39 Å². The van der Waals surface area contributed by atoms with Crippen molar-refractivity contribution in [3.63, 3.8) is 0 Å². The Bertz CT molecular complexity index is 766. The van der Waals surface area contributed by atoms with Crippen LogP contribution in [0.5, 0.6) is 0 Å². The molecule has 2 aromatic carbocycles. The molecule has 1 aromatic heterocycles. The minimum atomic E-state index is -0.194. The van der Waals surface area contributed by atoms with Crippen molar-refractivity contribution in [2.24, 2.45) is 0 Å². The highest BCUT2D eigenvalue weighted by Gasteiger charge is 2.12. The highest BCUT2D eigenvalue weighted by Crippen LogP contribution is 2.27. The number of halogens is 2. The van der Waals surface area contributed by atoms with Crippen molar-refractivity contribution < 1.29 is 4.39 Å². The van der Waals surface area contributed by atoms with Crippen molar-refractivity contribution in [1.82, 2.24) is 10.3 Å². The molecular formula is C17H16ClFN2. The van der Waals surface area contributed by atoms with Crippen molar-refractivity contribution in [2.45, 2.75) is 19.5 Å². The molecule has 0 unspecified atom stereocenters. The summed E-state index contributed by atoms with van der Waals surface area (Å²) in [7, 11) is 0. The summed E-state index contributed by atoms with van der Waals surface area (Å²) in [6.07, 6.45) is 0. The first-order valence-corrected chi connectivity index (χ1v) is 7.27. The van der Waals surface area contributed by atoms with Crippen LogP contribution in [0.15, 0.2) is 48.5 Å². The Morgan fingerprint density at radius 1 is 1.14 bits per heavy atom. The number of hydrogen-bond donors (Lipinski definition) is 2. The van der Waals surface area contributed by atoms with Gasteiger partial charge in [0.2, 0.25) is 0 Å². The molecular weight excluding hydrogens is 287 g/mol. The number of aromatic amines is 1. The van der Waals surface area contributed by atoms with Crippen LogP contribution in [-0.4, -0.2) is 4.98 Å². The molecule has 1 heterocycles. The maximum atomic E-state index is 13.7. The smallest absolute Gasteiger partial charge is 0.127 e. The topological polar surface area (TPSA) is 27.8 Å². The van der Waals surface area contributed by atoms with Gasteiger partial charge in [-0.3, -0.25) is 0 Å². The van der Waals surface area contributed by atoms with Crippen molar-refractivity contribution in [2.75, 3.05) is 0 Å². The second kappa shape index (κ2) is 5.88. The standard InChI is InChI=1S/C17H16ClFN2/c1-11(12-6-2-4-8-14(12)19)20-10-16-17(18)13-7-3-5-9-15(13)21-16/h2-9,11,20-21H,10H2,1H3/t11-/m1/s1. The summed E-state index contributed by atoms with van der Waals surface area (Å²) in [5.74, 6) is -0.194. The average Bonchev–Trinajstić information content (AvgIpc) is 2.82. The van der Waals surface area contributed by atoms with Gasteiger partial charge in [0, 0.05) is 34.7 Å². The maximum Gasteiger partial charge on any atom is 0.127 e.